The molecule has 0 heterocycles. The molecule has 5 heteroatoms. The van der Waals surface area contributed by atoms with E-state index in [0.717, 1.165) is 0 Å². The van der Waals surface area contributed by atoms with Crippen molar-refractivity contribution < 1.29 is 9.53 Å². The zero-order chi connectivity index (χ0) is 11.2. The SMILES string of the molecule is CC(CC#N)NNC(=O)OC(C)(C)C. The van der Waals surface area contributed by atoms with Gasteiger partial charge in [-0.3, -0.25) is 5.43 Å². The quantitative estimate of drug-likeness (QED) is 0.672. The molecule has 14 heavy (non-hydrogen) atoms. The van der Waals surface area contributed by atoms with E-state index in [1.54, 1.807) is 27.7 Å². The molecule has 5 nitrogen and oxygen atoms in total. The topological polar surface area (TPSA) is 74.2 Å². The third-order valence-corrected chi connectivity index (χ3v) is 1.22. The van der Waals surface area contributed by atoms with Crippen molar-refractivity contribution in [3.8, 4) is 6.07 Å². The molecule has 0 fully saturated rings. The molecule has 0 aliphatic heterocycles. The Morgan fingerprint density at radius 1 is 1.57 bits per heavy atom. The normalized spacial score (nSPS) is 12.8. The van der Waals surface area contributed by atoms with Crippen LogP contribution in [0.3, 0.4) is 0 Å². The average molecular weight is 199 g/mol. The summed E-state index contributed by atoms with van der Waals surface area (Å²) in [7, 11) is 0. The van der Waals surface area contributed by atoms with Gasteiger partial charge in [-0.2, -0.15) is 5.26 Å². The van der Waals surface area contributed by atoms with Crippen molar-refractivity contribution in [3.05, 3.63) is 0 Å². The molecular weight excluding hydrogens is 182 g/mol. The largest absolute Gasteiger partial charge is 0.443 e. The van der Waals surface area contributed by atoms with Crippen LogP contribution in [0.1, 0.15) is 34.1 Å². The Labute approximate surface area is 84.4 Å². The highest BCUT2D eigenvalue weighted by atomic mass is 16.6. The maximum atomic E-state index is 11.1. The number of carbonyl (C=O) groups excluding carboxylic acids is 1. The zero-order valence-corrected chi connectivity index (χ0v) is 9.05. The summed E-state index contributed by atoms with van der Waals surface area (Å²) < 4.78 is 4.97. The fourth-order valence-corrected chi connectivity index (χ4v) is 0.674. The van der Waals surface area contributed by atoms with Gasteiger partial charge in [-0.25, -0.2) is 10.2 Å². The van der Waals surface area contributed by atoms with Crippen LogP contribution in [0.4, 0.5) is 4.79 Å². The third kappa shape index (κ3) is 7.37. The number of ether oxygens (including phenoxy) is 1. The predicted octanol–water partition coefficient (Wildman–Crippen LogP) is 1.32. The lowest BCUT2D eigenvalue weighted by Crippen LogP contribution is -2.45. The molecular formula is C9H17N3O2. The maximum Gasteiger partial charge on any atom is 0.422 e. The van der Waals surface area contributed by atoms with Gasteiger partial charge in [-0.15, -0.1) is 0 Å². The molecule has 1 amide bonds. The molecule has 0 rings (SSSR count). The molecule has 0 spiro atoms. The van der Waals surface area contributed by atoms with Crippen LogP contribution in [0.25, 0.3) is 0 Å². The van der Waals surface area contributed by atoms with Crippen LogP contribution in [0.15, 0.2) is 0 Å². The van der Waals surface area contributed by atoms with E-state index in [4.69, 9.17) is 10.00 Å². The van der Waals surface area contributed by atoms with Gasteiger partial charge in [0.15, 0.2) is 0 Å². The fourth-order valence-electron chi connectivity index (χ4n) is 0.674. The molecule has 0 aromatic rings. The van der Waals surface area contributed by atoms with Crippen LogP contribution in [0.5, 0.6) is 0 Å². The van der Waals surface area contributed by atoms with Gasteiger partial charge in [0.1, 0.15) is 5.60 Å². The number of nitrogens with one attached hydrogen (secondary N) is 2. The Hall–Kier alpha value is -1.28. The second kappa shape index (κ2) is 5.45. The molecule has 0 radical (unpaired) electrons. The van der Waals surface area contributed by atoms with Gasteiger partial charge in [0.25, 0.3) is 0 Å². The fraction of sp³-hybridized carbons (Fsp3) is 0.778. The standard InChI is InChI=1S/C9H17N3O2/c1-7(5-6-10)11-12-8(13)14-9(2,3)4/h7,11H,5H2,1-4H3,(H,12,13). The zero-order valence-electron chi connectivity index (χ0n) is 9.05. The lowest BCUT2D eigenvalue weighted by molar-refractivity contribution is 0.0490. The highest BCUT2D eigenvalue weighted by molar-refractivity contribution is 5.67. The predicted molar refractivity (Wildman–Crippen MR) is 52.2 cm³/mol. The Balaban J connectivity index is 3.71. The molecule has 0 bridgehead atoms. The first-order valence-corrected chi connectivity index (χ1v) is 4.46. The highest BCUT2D eigenvalue weighted by Gasteiger charge is 2.16. The Morgan fingerprint density at radius 2 is 2.14 bits per heavy atom. The molecule has 80 valence electrons. The summed E-state index contributed by atoms with van der Waals surface area (Å²) in [4.78, 5) is 11.1. The number of hydrazine groups is 1. The number of carbonyl (C=O) groups is 1. The van der Waals surface area contributed by atoms with Crippen LogP contribution in [-0.4, -0.2) is 17.7 Å². The molecule has 1 unspecified atom stereocenters. The van der Waals surface area contributed by atoms with Gasteiger partial charge in [0.05, 0.1) is 12.5 Å². The molecule has 0 aromatic heterocycles. The number of amides is 1. The number of nitriles is 1. The molecule has 0 saturated carbocycles. The monoisotopic (exact) mass is 199 g/mol. The van der Waals surface area contributed by atoms with Crippen LogP contribution in [0.2, 0.25) is 0 Å². The van der Waals surface area contributed by atoms with E-state index >= 15 is 0 Å². The van der Waals surface area contributed by atoms with Crippen molar-refractivity contribution in [2.75, 3.05) is 0 Å². The van der Waals surface area contributed by atoms with E-state index in [1.807, 2.05) is 6.07 Å². The van der Waals surface area contributed by atoms with Crippen LogP contribution in [-0.2, 0) is 4.74 Å². The van der Waals surface area contributed by atoms with E-state index < -0.39 is 11.7 Å². The molecule has 1 atom stereocenters. The van der Waals surface area contributed by atoms with Crippen LogP contribution < -0.4 is 10.9 Å². The summed E-state index contributed by atoms with van der Waals surface area (Å²) >= 11 is 0. The van der Waals surface area contributed by atoms with E-state index in [0.29, 0.717) is 6.42 Å². The summed E-state index contributed by atoms with van der Waals surface area (Å²) in [6.45, 7) is 7.14. The molecule has 2 N–H and O–H groups in total. The minimum atomic E-state index is -0.540. The lowest BCUT2D eigenvalue weighted by atomic mass is 10.2. The van der Waals surface area contributed by atoms with Gasteiger partial charge in [0, 0.05) is 6.04 Å². The molecule has 0 aliphatic rings. The smallest absolute Gasteiger partial charge is 0.422 e. The van der Waals surface area contributed by atoms with Gasteiger partial charge >= 0.3 is 6.09 Å². The Bertz CT molecular complexity index is 227. The first-order valence-electron chi connectivity index (χ1n) is 4.46. The van der Waals surface area contributed by atoms with Crippen molar-refractivity contribution in [2.24, 2.45) is 0 Å². The average Bonchev–Trinajstić information content (AvgIpc) is 1.98. The Morgan fingerprint density at radius 3 is 2.57 bits per heavy atom. The molecule has 0 aromatic carbocycles. The van der Waals surface area contributed by atoms with Gasteiger partial charge in [-0.1, -0.05) is 0 Å². The second-order valence-corrected chi connectivity index (χ2v) is 4.03. The summed E-state index contributed by atoms with van der Waals surface area (Å²) in [6.07, 6.45) is -0.210. The van der Waals surface area contributed by atoms with E-state index in [9.17, 15) is 4.79 Å². The second-order valence-electron chi connectivity index (χ2n) is 4.03. The highest BCUT2D eigenvalue weighted by Crippen LogP contribution is 2.05. The van der Waals surface area contributed by atoms with E-state index in [1.165, 1.54) is 0 Å². The van der Waals surface area contributed by atoms with Crippen LogP contribution in [0, 0.1) is 11.3 Å². The van der Waals surface area contributed by atoms with Crippen molar-refractivity contribution >= 4 is 6.09 Å². The van der Waals surface area contributed by atoms with Gasteiger partial charge < -0.3 is 4.74 Å². The summed E-state index contributed by atoms with van der Waals surface area (Å²) in [5, 5.41) is 8.35. The summed E-state index contributed by atoms with van der Waals surface area (Å²) in [6, 6.07) is 1.89. The maximum absolute atomic E-state index is 11.1. The number of nitrogens with zero attached hydrogens (tertiary/aromatic N) is 1. The number of hydrogen-bond donors (Lipinski definition) is 2. The number of rotatable bonds is 3. The lowest BCUT2D eigenvalue weighted by Gasteiger charge is -2.20. The summed E-state index contributed by atoms with van der Waals surface area (Å²) in [5.74, 6) is 0. The number of hydrogen-bond acceptors (Lipinski definition) is 4. The van der Waals surface area contributed by atoms with Crippen molar-refractivity contribution in [1.29, 1.82) is 5.26 Å². The first kappa shape index (κ1) is 12.7. The molecule has 0 aliphatic carbocycles. The minimum absolute atomic E-state index is 0.0903. The van der Waals surface area contributed by atoms with Crippen molar-refractivity contribution in [3.63, 3.8) is 0 Å². The first-order chi connectivity index (χ1) is 6.35. The minimum Gasteiger partial charge on any atom is -0.443 e. The van der Waals surface area contributed by atoms with Crippen molar-refractivity contribution in [2.45, 2.75) is 45.8 Å². The summed E-state index contributed by atoms with van der Waals surface area (Å²) in [5.41, 5.74) is 4.51. The Kier molecular flexibility index (Phi) is 4.95. The van der Waals surface area contributed by atoms with E-state index in [2.05, 4.69) is 10.9 Å². The van der Waals surface area contributed by atoms with E-state index in [-0.39, 0.29) is 6.04 Å². The third-order valence-electron chi connectivity index (χ3n) is 1.22. The van der Waals surface area contributed by atoms with Gasteiger partial charge in [0.2, 0.25) is 0 Å². The van der Waals surface area contributed by atoms with Crippen molar-refractivity contribution in [1.82, 2.24) is 10.9 Å². The molecule has 0 saturated heterocycles. The van der Waals surface area contributed by atoms with Gasteiger partial charge in [-0.05, 0) is 27.7 Å². The van der Waals surface area contributed by atoms with Crippen LogP contribution >= 0.6 is 0 Å².